The molecule has 0 fully saturated rings. The molecule has 1 aromatic rings. The van der Waals surface area contributed by atoms with E-state index in [0.29, 0.717) is 0 Å². The summed E-state index contributed by atoms with van der Waals surface area (Å²) in [4.78, 5) is 14.7. The SMILES string of the molecule is C#CCNC(=O)c1cnc(N)nn1. The summed E-state index contributed by atoms with van der Waals surface area (Å²) in [6.07, 6.45) is 6.17. The summed E-state index contributed by atoms with van der Waals surface area (Å²) in [5.74, 6) is 1.86. The highest BCUT2D eigenvalue weighted by Gasteiger charge is 2.06. The Morgan fingerprint density at radius 1 is 1.69 bits per heavy atom. The average molecular weight is 177 g/mol. The molecule has 66 valence electrons. The molecule has 3 N–H and O–H groups in total. The molecule has 0 aliphatic rings. The van der Waals surface area contributed by atoms with Crippen molar-refractivity contribution in [3.8, 4) is 12.3 Å². The van der Waals surface area contributed by atoms with E-state index in [1.165, 1.54) is 6.20 Å². The van der Waals surface area contributed by atoms with Gasteiger partial charge in [-0.25, -0.2) is 4.98 Å². The van der Waals surface area contributed by atoms with Gasteiger partial charge < -0.3 is 11.1 Å². The van der Waals surface area contributed by atoms with Crippen LogP contribution in [-0.4, -0.2) is 27.6 Å². The van der Waals surface area contributed by atoms with Crippen LogP contribution in [0.2, 0.25) is 0 Å². The number of carbonyl (C=O) groups is 1. The second-order valence-corrected chi connectivity index (χ2v) is 2.09. The van der Waals surface area contributed by atoms with Crippen molar-refractivity contribution in [3.05, 3.63) is 11.9 Å². The largest absolute Gasteiger partial charge is 0.366 e. The minimum Gasteiger partial charge on any atom is -0.366 e. The Balaban J connectivity index is 2.68. The first-order valence-electron chi connectivity index (χ1n) is 3.41. The predicted molar refractivity (Wildman–Crippen MR) is 45.4 cm³/mol. The molecule has 13 heavy (non-hydrogen) atoms. The molecule has 0 bridgehead atoms. The lowest BCUT2D eigenvalue weighted by molar-refractivity contribution is 0.0952. The van der Waals surface area contributed by atoms with Gasteiger partial charge in [0.15, 0.2) is 5.69 Å². The third kappa shape index (κ3) is 2.41. The second kappa shape index (κ2) is 4.01. The molecule has 0 saturated carbocycles. The van der Waals surface area contributed by atoms with Gasteiger partial charge in [-0.15, -0.1) is 16.6 Å². The van der Waals surface area contributed by atoms with E-state index in [1.807, 2.05) is 0 Å². The topological polar surface area (TPSA) is 93.8 Å². The number of anilines is 1. The Kier molecular flexibility index (Phi) is 2.76. The fourth-order valence-corrected chi connectivity index (χ4v) is 0.610. The van der Waals surface area contributed by atoms with Gasteiger partial charge in [0.05, 0.1) is 12.7 Å². The van der Waals surface area contributed by atoms with Gasteiger partial charge in [0.1, 0.15) is 0 Å². The van der Waals surface area contributed by atoms with Crippen molar-refractivity contribution in [1.29, 1.82) is 0 Å². The number of nitrogen functional groups attached to an aromatic ring is 1. The number of rotatable bonds is 2. The van der Waals surface area contributed by atoms with Gasteiger partial charge >= 0.3 is 0 Å². The lowest BCUT2D eigenvalue weighted by atomic mass is 10.4. The van der Waals surface area contributed by atoms with Crippen molar-refractivity contribution in [2.45, 2.75) is 0 Å². The predicted octanol–water partition coefficient (Wildman–Crippen LogP) is -1.18. The van der Waals surface area contributed by atoms with Crippen LogP contribution in [0.15, 0.2) is 6.20 Å². The van der Waals surface area contributed by atoms with Crippen molar-refractivity contribution < 1.29 is 4.79 Å². The Hall–Kier alpha value is -2.16. The lowest BCUT2D eigenvalue weighted by Crippen LogP contribution is -2.25. The zero-order chi connectivity index (χ0) is 9.68. The molecule has 0 saturated heterocycles. The first-order chi connectivity index (χ1) is 6.24. The number of carbonyl (C=O) groups excluding carboxylic acids is 1. The summed E-state index contributed by atoms with van der Waals surface area (Å²) in [5.41, 5.74) is 5.27. The summed E-state index contributed by atoms with van der Waals surface area (Å²) in [5, 5.41) is 9.34. The highest BCUT2D eigenvalue weighted by atomic mass is 16.1. The number of aromatic nitrogens is 3. The first kappa shape index (κ1) is 8.93. The number of hydrogen-bond acceptors (Lipinski definition) is 5. The van der Waals surface area contributed by atoms with Crippen LogP contribution < -0.4 is 11.1 Å². The smallest absolute Gasteiger partial charge is 0.274 e. The van der Waals surface area contributed by atoms with Crippen LogP contribution in [0.3, 0.4) is 0 Å². The van der Waals surface area contributed by atoms with E-state index in [0.717, 1.165) is 0 Å². The van der Waals surface area contributed by atoms with Gasteiger partial charge in [0, 0.05) is 0 Å². The van der Waals surface area contributed by atoms with Crippen LogP contribution in [0.1, 0.15) is 10.5 Å². The van der Waals surface area contributed by atoms with E-state index in [-0.39, 0.29) is 18.2 Å². The molecule has 0 radical (unpaired) electrons. The maximum absolute atomic E-state index is 11.1. The molecule has 1 heterocycles. The Morgan fingerprint density at radius 2 is 2.46 bits per heavy atom. The van der Waals surface area contributed by atoms with E-state index in [4.69, 9.17) is 12.2 Å². The molecule has 0 aliphatic heterocycles. The molecular formula is C7H7N5O. The van der Waals surface area contributed by atoms with Crippen LogP contribution in [-0.2, 0) is 0 Å². The summed E-state index contributed by atoms with van der Waals surface area (Å²) in [6, 6.07) is 0. The van der Waals surface area contributed by atoms with Gasteiger partial charge in [-0.05, 0) is 0 Å². The number of nitrogens with two attached hydrogens (primary N) is 1. The molecule has 6 nitrogen and oxygen atoms in total. The first-order valence-corrected chi connectivity index (χ1v) is 3.41. The van der Waals surface area contributed by atoms with Gasteiger partial charge in [0.2, 0.25) is 5.95 Å². The van der Waals surface area contributed by atoms with Crippen LogP contribution in [0.5, 0.6) is 0 Å². The normalized spacial score (nSPS) is 8.85. The maximum atomic E-state index is 11.1. The van der Waals surface area contributed by atoms with Crippen molar-refractivity contribution in [2.24, 2.45) is 0 Å². The van der Waals surface area contributed by atoms with E-state index >= 15 is 0 Å². The fourth-order valence-electron chi connectivity index (χ4n) is 0.610. The highest BCUT2D eigenvalue weighted by Crippen LogP contribution is 1.90. The minimum atomic E-state index is -0.419. The summed E-state index contributed by atoms with van der Waals surface area (Å²) in [7, 11) is 0. The number of terminal acetylenes is 1. The summed E-state index contributed by atoms with van der Waals surface area (Å²) in [6.45, 7) is 0.144. The van der Waals surface area contributed by atoms with Crippen molar-refractivity contribution in [2.75, 3.05) is 12.3 Å². The zero-order valence-corrected chi connectivity index (χ0v) is 6.69. The average Bonchev–Trinajstić information content (AvgIpc) is 2.15. The van der Waals surface area contributed by atoms with E-state index in [1.54, 1.807) is 0 Å². The van der Waals surface area contributed by atoms with E-state index in [9.17, 15) is 4.79 Å². The third-order valence-corrected chi connectivity index (χ3v) is 1.16. The fraction of sp³-hybridized carbons (Fsp3) is 0.143. The molecule has 6 heteroatoms. The highest BCUT2D eigenvalue weighted by molar-refractivity contribution is 5.91. The maximum Gasteiger partial charge on any atom is 0.274 e. The van der Waals surface area contributed by atoms with Gasteiger partial charge in [-0.1, -0.05) is 5.92 Å². The molecule has 0 atom stereocenters. The molecule has 1 amide bonds. The van der Waals surface area contributed by atoms with Crippen molar-refractivity contribution in [3.63, 3.8) is 0 Å². The second-order valence-electron chi connectivity index (χ2n) is 2.09. The van der Waals surface area contributed by atoms with Crippen LogP contribution in [0.4, 0.5) is 5.95 Å². The molecule has 0 aliphatic carbocycles. The zero-order valence-electron chi connectivity index (χ0n) is 6.69. The molecule has 0 unspecified atom stereocenters. The Bertz CT molecular complexity index is 339. The number of hydrogen-bond donors (Lipinski definition) is 2. The Morgan fingerprint density at radius 3 is 3.00 bits per heavy atom. The number of nitrogens with one attached hydrogen (secondary N) is 1. The minimum absolute atomic E-state index is 0.0218. The Labute approximate surface area is 74.6 Å². The van der Waals surface area contributed by atoms with Gasteiger partial charge in [-0.2, -0.15) is 0 Å². The van der Waals surface area contributed by atoms with Crippen LogP contribution in [0.25, 0.3) is 0 Å². The van der Waals surface area contributed by atoms with Gasteiger partial charge in [-0.3, -0.25) is 4.79 Å². The third-order valence-electron chi connectivity index (χ3n) is 1.16. The van der Waals surface area contributed by atoms with Crippen LogP contribution >= 0.6 is 0 Å². The molecule has 1 rings (SSSR count). The lowest BCUT2D eigenvalue weighted by Gasteiger charge is -1.98. The van der Waals surface area contributed by atoms with Gasteiger partial charge in [0.25, 0.3) is 5.91 Å². The molecule has 0 aromatic carbocycles. The number of amides is 1. The standard InChI is InChI=1S/C7H7N5O/c1-2-3-9-6(13)5-4-10-7(8)12-11-5/h1,4H,3H2,(H,9,13)(H2,8,10,12). The van der Waals surface area contributed by atoms with Crippen LogP contribution in [0, 0.1) is 12.3 Å². The van der Waals surface area contributed by atoms with Crippen molar-refractivity contribution in [1.82, 2.24) is 20.5 Å². The quantitative estimate of drug-likeness (QED) is 0.554. The molecule has 0 spiro atoms. The summed E-state index contributed by atoms with van der Waals surface area (Å²) >= 11 is 0. The molecular weight excluding hydrogens is 170 g/mol. The van der Waals surface area contributed by atoms with E-state index < -0.39 is 5.91 Å². The molecule has 1 aromatic heterocycles. The monoisotopic (exact) mass is 177 g/mol. The summed E-state index contributed by atoms with van der Waals surface area (Å²) < 4.78 is 0. The van der Waals surface area contributed by atoms with E-state index in [2.05, 4.69) is 26.4 Å². The number of nitrogens with zero attached hydrogens (tertiary/aromatic N) is 3. The van der Waals surface area contributed by atoms with Crippen molar-refractivity contribution >= 4 is 11.9 Å².